The average molecular weight is 344 g/mol. The number of thiazole rings is 1. The maximum Gasteiger partial charge on any atom is 0.325 e. The standard InChI is InChI=1S/C17H20N4O2S/c1-11(2)21-15(22)17(19-16(21)23)7-8-20(10-17)9-14-18-12-5-3-4-6-13(12)24-14/h3-6,11H,7-10H2,1-2H3,(H,19,23)/t17-/m0/s1. The van der Waals surface area contributed by atoms with Crippen LogP contribution in [0.15, 0.2) is 24.3 Å². The molecule has 1 N–H and O–H groups in total. The number of imide groups is 1. The van der Waals surface area contributed by atoms with Crippen molar-refractivity contribution in [3.05, 3.63) is 29.3 Å². The summed E-state index contributed by atoms with van der Waals surface area (Å²) in [6, 6.07) is 7.71. The van der Waals surface area contributed by atoms with E-state index < -0.39 is 5.54 Å². The van der Waals surface area contributed by atoms with Gasteiger partial charge in [0.15, 0.2) is 0 Å². The lowest BCUT2D eigenvalue weighted by molar-refractivity contribution is -0.132. The van der Waals surface area contributed by atoms with Gasteiger partial charge in [0.1, 0.15) is 10.5 Å². The largest absolute Gasteiger partial charge is 0.325 e. The highest BCUT2D eigenvalue weighted by molar-refractivity contribution is 7.18. The second kappa shape index (κ2) is 5.53. The molecule has 2 saturated heterocycles. The molecule has 0 aliphatic carbocycles. The highest BCUT2D eigenvalue weighted by Gasteiger charge is 2.55. The number of urea groups is 1. The summed E-state index contributed by atoms with van der Waals surface area (Å²) in [6.07, 6.45) is 0.658. The fourth-order valence-corrected chi connectivity index (χ4v) is 4.60. The highest BCUT2D eigenvalue weighted by Crippen LogP contribution is 2.31. The molecule has 0 saturated carbocycles. The van der Waals surface area contributed by atoms with Crippen molar-refractivity contribution in [3.8, 4) is 0 Å². The fraction of sp³-hybridized carbons (Fsp3) is 0.471. The molecule has 3 amide bonds. The first-order valence-corrected chi connectivity index (χ1v) is 9.03. The first kappa shape index (κ1) is 15.5. The van der Waals surface area contributed by atoms with Gasteiger partial charge in [0.05, 0.1) is 16.8 Å². The first-order chi connectivity index (χ1) is 11.5. The van der Waals surface area contributed by atoms with E-state index in [0.29, 0.717) is 19.5 Å². The van der Waals surface area contributed by atoms with Crippen LogP contribution in [0.5, 0.6) is 0 Å². The van der Waals surface area contributed by atoms with Crippen molar-refractivity contribution in [1.29, 1.82) is 0 Å². The number of amides is 3. The predicted octanol–water partition coefficient (Wildman–Crippen LogP) is 2.20. The monoisotopic (exact) mass is 344 g/mol. The lowest BCUT2D eigenvalue weighted by Crippen LogP contribution is -2.49. The molecule has 4 rings (SSSR count). The fourth-order valence-electron chi connectivity index (χ4n) is 3.59. The molecule has 1 aromatic heterocycles. The lowest BCUT2D eigenvalue weighted by atomic mass is 9.99. The summed E-state index contributed by atoms with van der Waals surface area (Å²) in [5, 5.41) is 3.98. The van der Waals surface area contributed by atoms with E-state index in [4.69, 9.17) is 0 Å². The molecule has 2 aromatic rings. The molecular formula is C17H20N4O2S. The Morgan fingerprint density at radius 1 is 1.33 bits per heavy atom. The smallest absolute Gasteiger partial charge is 0.322 e. The van der Waals surface area contributed by atoms with Crippen LogP contribution in [0.4, 0.5) is 4.79 Å². The van der Waals surface area contributed by atoms with Crippen molar-refractivity contribution < 1.29 is 9.59 Å². The van der Waals surface area contributed by atoms with Crippen molar-refractivity contribution in [2.24, 2.45) is 0 Å². The van der Waals surface area contributed by atoms with Gasteiger partial charge in [-0.3, -0.25) is 14.6 Å². The number of fused-ring (bicyclic) bond motifs is 1. The van der Waals surface area contributed by atoms with Crippen LogP contribution in [-0.4, -0.2) is 51.4 Å². The minimum Gasteiger partial charge on any atom is -0.322 e. The molecule has 0 unspecified atom stereocenters. The molecule has 2 fully saturated rings. The molecule has 2 aliphatic rings. The van der Waals surface area contributed by atoms with Gasteiger partial charge < -0.3 is 5.32 Å². The number of nitrogens with one attached hydrogen (secondary N) is 1. The summed E-state index contributed by atoms with van der Waals surface area (Å²) in [5.41, 5.74) is 0.264. The Labute approximate surface area is 144 Å². The van der Waals surface area contributed by atoms with Crippen molar-refractivity contribution in [2.75, 3.05) is 13.1 Å². The van der Waals surface area contributed by atoms with E-state index in [1.165, 1.54) is 9.60 Å². The third kappa shape index (κ3) is 2.39. The molecule has 126 valence electrons. The van der Waals surface area contributed by atoms with E-state index in [-0.39, 0.29) is 18.0 Å². The van der Waals surface area contributed by atoms with Gasteiger partial charge in [-0.2, -0.15) is 0 Å². The minimum atomic E-state index is -0.752. The molecule has 7 heteroatoms. The number of hydrogen-bond donors (Lipinski definition) is 1. The van der Waals surface area contributed by atoms with Crippen molar-refractivity contribution in [1.82, 2.24) is 20.1 Å². The molecule has 1 aromatic carbocycles. The van der Waals surface area contributed by atoms with E-state index in [2.05, 4.69) is 21.3 Å². The zero-order chi connectivity index (χ0) is 16.9. The number of likely N-dealkylation sites (tertiary alicyclic amines) is 1. The lowest BCUT2D eigenvalue weighted by Gasteiger charge is -2.22. The second-order valence-corrected chi connectivity index (χ2v) is 7.93. The maximum absolute atomic E-state index is 12.7. The quantitative estimate of drug-likeness (QED) is 0.867. The van der Waals surface area contributed by atoms with Crippen molar-refractivity contribution >= 4 is 33.5 Å². The number of benzene rings is 1. The molecule has 1 spiro atoms. The van der Waals surface area contributed by atoms with Crippen LogP contribution >= 0.6 is 11.3 Å². The Bertz CT molecular complexity index is 785. The summed E-state index contributed by atoms with van der Waals surface area (Å²) in [5.74, 6) is -0.0886. The molecule has 24 heavy (non-hydrogen) atoms. The van der Waals surface area contributed by atoms with Crippen LogP contribution < -0.4 is 5.32 Å². The Balaban J connectivity index is 1.50. The molecule has 1 atom stereocenters. The third-order valence-corrected chi connectivity index (χ3v) is 5.78. The van der Waals surface area contributed by atoms with E-state index in [1.807, 2.05) is 32.0 Å². The van der Waals surface area contributed by atoms with Gasteiger partial charge in [0.25, 0.3) is 5.91 Å². The minimum absolute atomic E-state index is 0.0886. The number of nitrogens with zero attached hydrogens (tertiary/aromatic N) is 3. The number of rotatable bonds is 3. The third-order valence-electron chi connectivity index (χ3n) is 4.75. The van der Waals surface area contributed by atoms with E-state index in [0.717, 1.165) is 17.1 Å². The van der Waals surface area contributed by atoms with Crippen LogP contribution in [0, 0.1) is 0 Å². The van der Waals surface area contributed by atoms with E-state index in [1.54, 1.807) is 11.3 Å². The van der Waals surface area contributed by atoms with Gasteiger partial charge in [-0.15, -0.1) is 11.3 Å². The zero-order valence-corrected chi connectivity index (χ0v) is 14.6. The van der Waals surface area contributed by atoms with Crippen molar-refractivity contribution in [2.45, 2.75) is 38.4 Å². The van der Waals surface area contributed by atoms with Gasteiger partial charge in [-0.1, -0.05) is 12.1 Å². The summed E-state index contributed by atoms with van der Waals surface area (Å²) in [7, 11) is 0. The molecule has 6 nitrogen and oxygen atoms in total. The normalized spacial score (nSPS) is 24.7. The average Bonchev–Trinajstić information content (AvgIpc) is 3.17. The zero-order valence-electron chi connectivity index (χ0n) is 13.8. The van der Waals surface area contributed by atoms with Gasteiger partial charge >= 0.3 is 6.03 Å². The van der Waals surface area contributed by atoms with Crippen LogP contribution in [0.2, 0.25) is 0 Å². The van der Waals surface area contributed by atoms with Gasteiger partial charge in [-0.05, 0) is 32.4 Å². The second-order valence-electron chi connectivity index (χ2n) is 6.82. The predicted molar refractivity (Wildman–Crippen MR) is 92.8 cm³/mol. The number of hydrogen-bond acceptors (Lipinski definition) is 5. The molecule has 0 bridgehead atoms. The maximum atomic E-state index is 12.7. The number of aromatic nitrogens is 1. The Hall–Kier alpha value is -1.99. The topological polar surface area (TPSA) is 65.5 Å². The highest BCUT2D eigenvalue weighted by atomic mass is 32.1. The van der Waals surface area contributed by atoms with E-state index in [9.17, 15) is 9.59 Å². The number of para-hydroxylation sites is 1. The Morgan fingerprint density at radius 3 is 2.83 bits per heavy atom. The molecule has 0 radical (unpaired) electrons. The van der Waals surface area contributed by atoms with Crippen LogP contribution in [0.1, 0.15) is 25.3 Å². The SMILES string of the molecule is CC(C)N1C(=O)N[C@]2(CCN(Cc3nc4ccccc4s3)C2)C1=O. The van der Waals surface area contributed by atoms with Crippen molar-refractivity contribution in [3.63, 3.8) is 0 Å². The molecular weight excluding hydrogens is 324 g/mol. The van der Waals surface area contributed by atoms with Crippen LogP contribution in [0.3, 0.4) is 0 Å². The Morgan fingerprint density at radius 2 is 2.12 bits per heavy atom. The van der Waals surface area contributed by atoms with Crippen LogP contribution in [0.25, 0.3) is 10.2 Å². The molecule has 2 aliphatic heterocycles. The number of carbonyl (C=O) groups excluding carboxylic acids is 2. The Kier molecular flexibility index (Phi) is 3.58. The van der Waals surface area contributed by atoms with Gasteiger partial charge in [0, 0.05) is 19.1 Å². The number of carbonyl (C=O) groups is 2. The summed E-state index contributed by atoms with van der Waals surface area (Å²) in [6.45, 7) is 5.78. The molecule has 3 heterocycles. The van der Waals surface area contributed by atoms with Crippen LogP contribution in [-0.2, 0) is 11.3 Å². The summed E-state index contributed by atoms with van der Waals surface area (Å²) in [4.78, 5) is 33.1. The van der Waals surface area contributed by atoms with Gasteiger partial charge in [0.2, 0.25) is 0 Å². The van der Waals surface area contributed by atoms with Gasteiger partial charge in [-0.25, -0.2) is 9.78 Å². The first-order valence-electron chi connectivity index (χ1n) is 8.21. The summed E-state index contributed by atoms with van der Waals surface area (Å²) < 4.78 is 1.18. The summed E-state index contributed by atoms with van der Waals surface area (Å²) >= 11 is 1.69. The van der Waals surface area contributed by atoms with E-state index >= 15 is 0 Å².